The highest BCUT2D eigenvalue weighted by molar-refractivity contribution is 7.88. The number of rotatable bonds is 0. The van der Waals surface area contributed by atoms with Gasteiger partial charge in [0, 0.05) is 5.56 Å². The summed E-state index contributed by atoms with van der Waals surface area (Å²) in [6.45, 7) is 0.117. The highest BCUT2D eigenvalue weighted by Crippen LogP contribution is 2.22. The van der Waals surface area contributed by atoms with Crippen molar-refractivity contribution < 1.29 is 12.6 Å². The molecule has 0 saturated carbocycles. The van der Waals surface area contributed by atoms with Crippen LogP contribution in [-0.2, 0) is 21.1 Å². The molecule has 0 saturated heterocycles. The number of anilines is 1. The van der Waals surface area contributed by atoms with Crippen molar-refractivity contribution in [2.45, 2.75) is 6.61 Å². The maximum absolute atomic E-state index is 10.9. The summed E-state index contributed by atoms with van der Waals surface area (Å²) < 4.78 is 28.6. The fourth-order valence-corrected chi connectivity index (χ4v) is 1.86. The fourth-order valence-electron chi connectivity index (χ4n) is 1.05. The summed E-state index contributed by atoms with van der Waals surface area (Å²) in [6, 6.07) is 7.13. The molecule has 0 aromatic heterocycles. The van der Waals surface area contributed by atoms with Crippen LogP contribution in [0.4, 0.5) is 5.69 Å². The molecule has 64 valence electrons. The molecule has 1 aliphatic heterocycles. The first-order valence-corrected chi connectivity index (χ1v) is 4.83. The van der Waals surface area contributed by atoms with E-state index in [1.807, 2.05) is 12.1 Å². The Morgan fingerprint density at radius 1 is 1.33 bits per heavy atom. The van der Waals surface area contributed by atoms with Crippen LogP contribution in [0.2, 0.25) is 0 Å². The Kier molecular flexibility index (Phi) is 1.55. The quantitative estimate of drug-likeness (QED) is 0.652. The molecule has 0 aliphatic carbocycles. The van der Waals surface area contributed by atoms with Gasteiger partial charge in [-0.15, -0.1) is 0 Å². The molecule has 12 heavy (non-hydrogen) atoms. The zero-order chi connectivity index (χ0) is 8.60. The van der Waals surface area contributed by atoms with E-state index in [1.54, 1.807) is 12.1 Å². The molecule has 0 unspecified atom stereocenters. The number of hydrogen-bond acceptors (Lipinski definition) is 3. The van der Waals surface area contributed by atoms with Gasteiger partial charge in [0.05, 0.1) is 12.3 Å². The number of nitrogens with one attached hydrogen (secondary N) is 1. The molecule has 1 heterocycles. The van der Waals surface area contributed by atoms with Gasteiger partial charge in [-0.3, -0.25) is 4.72 Å². The summed E-state index contributed by atoms with van der Waals surface area (Å²) in [4.78, 5) is 0. The number of para-hydroxylation sites is 1. The Bertz CT molecular complexity index is 399. The number of fused-ring (bicyclic) bond motifs is 1. The van der Waals surface area contributed by atoms with Crippen LogP contribution in [-0.4, -0.2) is 8.42 Å². The molecule has 0 bridgehead atoms. The SMILES string of the molecule is O=S1(=O)Nc2ccccc2CO1. The van der Waals surface area contributed by atoms with E-state index >= 15 is 0 Å². The van der Waals surface area contributed by atoms with Gasteiger partial charge < -0.3 is 0 Å². The van der Waals surface area contributed by atoms with Crippen LogP contribution < -0.4 is 4.72 Å². The van der Waals surface area contributed by atoms with Gasteiger partial charge in [-0.05, 0) is 6.07 Å². The lowest BCUT2D eigenvalue weighted by Crippen LogP contribution is -2.21. The third-order valence-corrected chi connectivity index (χ3v) is 2.52. The first-order valence-electron chi connectivity index (χ1n) is 3.42. The van der Waals surface area contributed by atoms with E-state index in [-0.39, 0.29) is 6.61 Å². The van der Waals surface area contributed by atoms with Gasteiger partial charge >= 0.3 is 10.3 Å². The van der Waals surface area contributed by atoms with Crippen molar-refractivity contribution in [1.29, 1.82) is 0 Å². The van der Waals surface area contributed by atoms with Crippen LogP contribution in [0.25, 0.3) is 0 Å². The standard InChI is InChI=1S/C7H7NO3S/c9-12(10)8-7-4-2-1-3-6(7)5-11-12/h1-4,8H,5H2. The van der Waals surface area contributed by atoms with Crippen molar-refractivity contribution in [1.82, 2.24) is 0 Å². The van der Waals surface area contributed by atoms with Crippen LogP contribution in [0.3, 0.4) is 0 Å². The Morgan fingerprint density at radius 2 is 2.08 bits per heavy atom. The van der Waals surface area contributed by atoms with Crippen molar-refractivity contribution in [3.8, 4) is 0 Å². The summed E-state index contributed by atoms with van der Waals surface area (Å²) in [5.74, 6) is 0. The molecular weight excluding hydrogens is 178 g/mol. The van der Waals surface area contributed by atoms with E-state index in [2.05, 4.69) is 8.91 Å². The Labute approximate surface area is 70.4 Å². The summed E-state index contributed by atoms with van der Waals surface area (Å²) in [5.41, 5.74) is 1.45. The summed E-state index contributed by atoms with van der Waals surface area (Å²) in [5, 5.41) is 0. The molecule has 0 spiro atoms. The third kappa shape index (κ3) is 1.28. The molecule has 5 heteroatoms. The van der Waals surface area contributed by atoms with Gasteiger partial charge in [0.15, 0.2) is 0 Å². The molecule has 0 radical (unpaired) electrons. The van der Waals surface area contributed by atoms with E-state index in [4.69, 9.17) is 0 Å². The minimum atomic E-state index is -3.55. The smallest absolute Gasteiger partial charge is 0.261 e. The molecule has 1 aromatic rings. The summed E-state index contributed by atoms with van der Waals surface area (Å²) >= 11 is 0. The summed E-state index contributed by atoms with van der Waals surface area (Å²) in [7, 11) is -3.55. The predicted octanol–water partition coefficient (Wildman–Crippen LogP) is 0.873. The average Bonchev–Trinajstić information content (AvgIpc) is 2.02. The minimum absolute atomic E-state index is 0.117. The van der Waals surface area contributed by atoms with Crippen LogP contribution in [0.1, 0.15) is 5.56 Å². The highest BCUT2D eigenvalue weighted by atomic mass is 32.2. The number of benzene rings is 1. The second-order valence-electron chi connectivity index (χ2n) is 2.48. The van der Waals surface area contributed by atoms with E-state index < -0.39 is 10.3 Å². The molecule has 4 nitrogen and oxygen atoms in total. The maximum Gasteiger partial charge on any atom is 0.360 e. The Balaban J connectivity index is 2.48. The van der Waals surface area contributed by atoms with Crippen LogP contribution >= 0.6 is 0 Å². The largest absolute Gasteiger partial charge is 0.360 e. The first kappa shape index (κ1) is 7.57. The van der Waals surface area contributed by atoms with Crippen LogP contribution in [0.15, 0.2) is 24.3 Å². The van der Waals surface area contributed by atoms with Crippen molar-refractivity contribution in [2.75, 3.05) is 4.72 Å². The lowest BCUT2D eigenvalue weighted by molar-refractivity contribution is 0.307. The normalized spacial score (nSPS) is 19.3. The molecule has 0 atom stereocenters. The Morgan fingerprint density at radius 3 is 2.92 bits per heavy atom. The molecule has 1 N–H and O–H groups in total. The van der Waals surface area contributed by atoms with Crippen LogP contribution in [0, 0.1) is 0 Å². The van der Waals surface area contributed by atoms with Gasteiger partial charge in [0.2, 0.25) is 0 Å². The van der Waals surface area contributed by atoms with Crippen molar-refractivity contribution in [3.63, 3.8) is 0 Å². The maximum atomic E-state index is 10.9. The zero-order valence-electron chi connectivity index (χ0n) is 6.15. The summed E-state index contributed by atoms with van der Waals surface area (Å²) in [6.07, 6.45) is 0. The first-order chi connectivity index (χ1) is 5.67. The zero-order valence-corrected chi connectivity index (χ0v) is 6.97. The van der Waals surface area contributed by atoms with E-state index in [0.29, 0.717) is 5.69 Å². The van der Waals surface area contributed by atoms with Crippen molar-refractivity contribution in [3.05, 3.63) is 29.8 Å². The third-order valence-electron chi connectivity index (χ3n) is 1.62. The van der Waals surface area contributed by atoms with Gasteiger partial charge in [-0.2, -0.15) is 8.42 Å². The van der Waals surface area contributed by atoms with Gasteiger partial charge in [-0.1, -0.05) is 18.2 Å². The van der Waals surface area contributed by atoms with Crippen LogP contribution in [0.5, 0.6) is 0 Å². The molecule has 1 aromatic carbocycles. The lowest BCUT2D eigenvalue weighted by Gasteiger charge is -2.17. The molecule has 0 amide bonds. The topological polar surface area (TPSA) is 55.4 Å². The van der Waals surface area contributed by atoms with Gasteiger partial charge in [0.1, 0.15) is 0 Å². The second kappa shape index (κ2) is 2.46. The highest BCUT2D eigenvalue weighted by Gasteiger charge is 2.19. The molecule has 2 rings (SSSR count). The number of hydrogen-bond donors (Lipinski definition) is 1. The van der Waals surface area contributed by atoms with E-state index in [0.717, 1.165) is 5.56 Å². The monoisotopic (exact) mass is 185 g/mol. The Hall–Kier alpha value is -1.07. The van der Waals surface area contributed by atoms with E-state index in [1.165, 1.54) is 0 Å². The molecular formula is C7H7NO3S. The molecule has 0 fully saturated rings. The van der Waals surface area contributed by atoms with E-state index in [9.17, 15) is 8.42 Å². The lowest BCUT2D eigenvalue weighted by atomic mass is 10.2. The minimum Gasteiger partial charge on any atom is -0.261 e. The van der Waals surface area contributed by atoms with Gasteiger partial charge in [0.25, 0.3) is 0 Å². The van der Waals surface area contributed by atoms with Gasteiger partial charge in [-0.25, -0.2) is 4.18 Å². The van der Waals surface area contributed by atoms with Crippen molar-refractivity contribution in [2.24, 2.45) is 0 Å². The molecule has 1 aliphatic rings. The van der Waals surface area contributed by atoms with Crippen molar-refractivity contribution >= 4 is 16.0 Å². The predicted molar refractivity (Wildman–Crippen MR) is 43.8 cm³/mol. The second-order valence-corrected chi connectivity index (χ2v) is 3.82. The fraction of sp³-hybridized carbons (Fsp3) is 0.143. The average molecular weight is 185 g/mol.